The van der Waals surface area contributed by atoms with E-state index in [0.29, 0.717) is 11.6 Å². The highest BCUT2D eigenvalue weighted by atomic mass is 16.5. The Morgan fingerprint density at radius 3 is 3.21 bits per heavy atom. The molecule has 2 rings (SSSR count). The van der Waals surface area contributed by atoms with E-state index in [0.717, 1.165) is 26.1 Å². The van der Waals surface area contributed by atoms with E-state index in [1.54, 1.807) is 12.5 Å². The molecular weight excluding hydrogens is 180 g/mol. The average molecular weight is 196 g/mol. The second kappa shape index (κ2) is 3.59. The number of hydrogen-bond acceptors (Lipinski definition) is 5. The van der Waals surface area contributed by atoms with E-state index in [-0.39, 0.29) is 0 Å². The van der Waals surface area contributed by atoms with Gasteiger partial charge in [0.05, 0.1) is 18.2 Å². The van der Waals surface area contributed by atoms with Gasteiger partial charge in [0.2, 0.25) is 0 Å². The molecule has 14 heavy (non-hydrogen) atoms. The number of nitrogens with zero attached hydrogens (tertiary/aromatic N) is 1. The highest BCUT2D eigenvalue weighted by Gasteiger charge is 2.33. The van der Waals surface area contributed by atoms with E-state index < -0.39 is 5.66 Å². The second-order valence-corrected chi connectivity index (χ2v) is 3.91. The normalized spacial score (nSPS) is 36.6. The summed E-state index contributed by atoms with van der Waals surface area (Å²) in [7, 11) is 0. The summed E-state index contributed by atoms with van der Waals surface area (Å²) in [6, 6.07) is 0. The summed E-state index contributed by atoms with van der Waals surface area (Å²) in [6.07, 6.45) is 5.05. The van der Waals surface area contributed by atoms with Crippen LogP contribution in [0.25, 0.3) is 0 Å². The first kappa shape index (κ1) is 9.48. The third-order valence-corrected chi connectivity index (χ3v) is 2.76. The lowest BCUT2D eigenvalue weighted by atomic mass is 9.92. The second-order valence-electron chi connectivity index (χ2n) is 3.91. The molecular formula is C9H16N4O. The van der Waals surface area contributed by atoms with Crippen LogP contribution in [0.15, 0.2) is 16.9 Å². The van der Waals surface area contributed by atoms with Gasteiger partial charge in [-0.25, -0.2) is 4.99 Å². The molecule has 0 bridgehead atoms. The molecule has 0 aromatic heterocycles. The van der Waals surface area contributed by atoms with Crippen molar-refractivity contribution in [3.8, 4) is 0 Å². The summed E-state index contributed by atoms with van der Waals surface area (Å²) < 4.78 is 5.30. The van der Waals surface area contributed by atoms with E-state index >= 15 is 0 Å². The molecule has 0 spiro atoms. The lowest BCUT2D eigenvalue weighted by Gasteiger charge is -2.33. The minimum Gasteiger partial charge on any atom is -0.398 e. The predicted octanol–water partition coefficient (Wildman–Crippen LogP) is -0.500. The molecule has 0 aromatic carbocycles. The van der Waals surface area contributed by atoms with Crippen LogP contribution in [0.5, 0.6) is 0 Å². The van der Waals surface area contributed by atoms with E-state index in [9.17, 15) is 0 Å². The summed E-state index contributed by atoms with van der Waals surface area (Å²) in [6.45, 7) is 1.61. The van der Waals surface area contributed by atoms with Crippen molar-refractivity contribution < 1.29 is 4.74 Å². The van der Waals surface area contributed by atoms with Gasteiger partial charge in [0.25, 0.3) is 0 Å². The van der Waals surface area contributed by atoms with Crippen LogP contribution in [-0.2, 0) is 4.74 Å². The van der Waals surface area contributed by atoms with Gasteiger partial charge in [-0.15, -0.1) is 0 Å². The van der Waals surface area contributed by atoms with Gasteiger partial charge in [0, 0.05) is 13.2 Å². The molecule has 1 saturated heterocycles. The molecule has 0 amide bonds. The van der Waals surface area contributed by atoms with Crippen molar-refractivity contribution in [2.24, 2.45) is 22.4 Å². The van der Waals surface area contributed by atoms with Crippen molar-refractivity contribution in [3.63, 3.8) is 0 Å². The number of ether oxygens (including phenoxy) is 1. The van der Waals surface area contributed by atoms with Gasteiger partial charge in [0.15, 0.2) is 0 Å². The zero-order valence-corrected chi connectivity index (χ0v) is 8.07. The standard InChI is InChI=1S/C9H16N4O/c10-8-4-12-6-13-9(8,11)3-7-1-2-14-5-7/h4,6-7H,1-3,5,10-11H2,(H,12,13). The zero-order valence-electron chi connectivity index (χ0n) is 8.07. The van der Waals surface area contributed by atoms with Crippen LogP contribution in [0.1, 0.15) is 12.8 Å². The smallest absolute Gasteiger partial charge is 0.129 e. The third-order valence-electron chi connectivity index (χ3n) is 2.76. The average Bonchev–Trinajstić information content (AvgIpc) is 2.63. The van der Waals surface area contributed by atoms with Crippen molar-refractivity contribution in [1.82, 2.24) is 5.32 Å². The molecule has 5 nitrogen and oxygen atoms in total. The summed E-state index contributed by atoms with van der Waals surface area (Å²) >= 11 is 0. The molecule has 2 heterocycles. The molecule has 0 saturated carbocycles. The first-order valence-electron chi connectivity index (χ1n) is 4.83. The number of rotatable bonds is 2. The van der Waals surface area contributed by atoms with E-state index in [4.69, 9.17) is 16.2 Å². The Balaban J connectivity index is 2.01. The van der Waals surface area contributed by atoms with E-state index in [1.807, 2.05) is 0 Å². The van der Waals surface area contributed by atoms with Gasteiger partial charge >= 0.3 is 0 Å². The topological polar surface area (TPSA) is 85.7 Å². The van der Waals surface area contributed by atoms with Crippen molar-refractivity contribution in [1.29, 1.82) is 0 Å². The molecule has 5 N–H and O–H groups in total. The minimum absolute atomic E-state index is 0.492. The van der Waals surface area contributed by atoms with Crippen LogP contribution in [0.4, 0.5) is 0 Å². The van der Waals surface area contributed by atoms with Crippen molar-refractivity contribution >= 4 is 6.34 Å². The Morgan fingerprint density at radius 2 is 2.57 bits per heavy atom. The highest BCUT2D eigenvalue weighted by molar-refractivity contribution is 5.60. The first-order valence-corrected chi connectivity index (χ1v) is 4.83. The molecule has 0 aromatic rings. The Hall–Kier alpha value is -1.07. The van der Waals surface area contributed by atoms with Gasteiger partial charge < -0.3 is 21.5 Å². The molecule has 5 heteroatoms. The van der Waals surface area contributed by atoms with Gasteiger partial charge in [0.1, 0.15) is 5.66 Å². The Kier molecular flexibility index (Phi) is 2.43. The fraction of sp³-hybridized carbons (Fsp3) is 0.667. The Bertz CT molecular complexity index is 270. The molecule has 2 aliphatic rings. The lowest BCUT2D eigenvalue weighted by Crippen LogP contribution is -2.58. The molecule has 2 unspecified atom stereocenters. The summed E-state index contributed by atoms with van der Waals surface area (Å²) in [5.74, 6) is 0.492. The maximum atomic E-state index is 6.13. The fourth-order valence-corrected chi connectivity index (χ4v) is 1.84. The number of nitrogens with one attached hydrogen (secondary N) is 1. The van der Waals surface area contributed by atoms with Crippen LogP contribution in [0, 0.1) is 5.92 Å². The molecule has 1 fully saturated rings. The third kappa shape index (κ3) is 1.73. The lowest BCUT2D eigenvalue weighted by molar-refractivity contribution is 0.178. The van der Waals surface area contributed by atoms with Gasteiger partial charge in [-0.3, -0.25) is 0 Å². The summed E-state index contributed by atoms with van der Waals surface area (Å²) in [5, 5.41) is 3.01. The summed E-state index contributed by atoms with van der Waals surface area (Å²) in [4.78, 5) is 3.89. The zero-order chi connectivity index (χ0) is 10.0. The minimum atomic E-state index is -0.639. The van der Waals surface area contributed by atoms with Gasteiger partial charge in [-0.2, -0.15) is 0 Å². The molecule has 2 atom stereocenters. The molecule has 78 valence electrons. The number of nitrogens with two attached hydrogens (primary N) is 2. The Morgan fingerprint density at radius 1 is 1.71 bits per heavy atom. The maximum absolute atomic E-state index is 6.13. The van der Waals surface area contributed by atoms with Crippen LogP contribution in [0.2, 0.25) is 0 Å². The summed E-state index contributed by atoms with van der Waals surface area (Å²) in [5.41, 5.74) is 11.9. The van der Waals surface area contributed by atoms with E-state index in [2.05, 4.69) is 10.3 Å². The van der Waals surface area contributed by atoms with Crippen LogP contribution in [-0.4, -0.2) is 25.2 Å². The molecule has 0 aliphatic carbocycles. The Labute approximate surface area is 83.2 Å². The monoisotopic (exact) mass is 196 g/mol. The van der Waals surface area contributed by atoms with Crippen molar-refractivity contribution in [3.05, 3.63) is 11.9 Å². The van der Waals surface area contributed by atoms with Crippen molar-refractivity contribution in [2.75, 3.05) is 13.2 Å². The van der Waals surface area contributed by atoms with Gasteiger partial charge in [-0.05, 0) is 18.8 Å². The SMILES string of the molecule is NC1=CN=CNC1(N)CC1CCOC1. The van der Waals surface area contributed by atoms with Crippen LogP contribution in [0.3, 0.4) is 0 Å². The maximum Gasteiger partial charge on any atom is 0.129 e. The quantitative estimate of drug-likeness (QED) is 0.555. The number of aliphatic imine (C=N–C) groups is 1. The molecule has 0 radical (unpaired) electrons. The van der Waals surface area contributed by atoms with Crippen LogP contribution >= 0.6 is 0 Å². The fourth-order valence-electron chi connectivity index (χ4n) is 1.84. The highest BCUT2D eigenvalue weighted by Crippen LogP contribution is 2.24. The van der Waals surface area contributed by atoms with E-state index in [1.165, 1.54) is 0 Å². The van der Waals surface area contributed by atoms with Crippen molar-refractivity contribution in [2.45, 2.75) is 18.5 Å². The molecule has 2 aliphatic heterocycles. The first-order chi connectivity index (χ1) is 6.71. The van der Waals surface area contributed by atoms with Crippen LogP contribution < -0.4 is 16.8 Å². The predicted molar refractivity (Wildman–Crippen MR) is 54.4 cm³/mol. The van der Waals surface area contributed by atoms with Gasteiger partial charge in [-0.1, -0.05) is 0 Å². The number of hydrogen-bond donors (Lipinski definition) is 3. The largest absolute Gasteiger partial charge is 0.398 e.